The third-order valence-electron chi connectivity index (χ3n) is 6.33. The molecule has 2 aromatic carbocycles. The highest BCUT2D eigenvalue weighted by molar-refractivity contribution is 5.96. The summed E-state index contributed by atoms with van der Waals surface area (Å²) >= 11 is 0. The van der Waals surface area contributed by atoms with E-state index in [-0.39, 0.29) is 29.2 Å². The third-order valence-corrected chi connectivity index (χ3v) is 6.33. The topological polar surface area (TPSA) is 96.0 Å². The number of para-hydroxylation sites is 1. The second-order valence-electron chi connectivity index (χ2n) is 8.83. The zero-order valence-corrected chi connectivity index (χ0v) is 20.1. The van der Waals surface area contributed by atoms with Gasteiger partial charge in [-0.2, -0.15) is 0 Å². The van der Waals surface area contributed by atoms with Crippen molar-refractivity contribution in [1.29, 1.82) is 0 Å². The smallest absolute Gasteiger partial charge is 0.251 e. The van der Waals surface area contributed by atoms with E-state index in [1.165, 1.54) is 26.4 Å². The summed E-state index contributed by atoms with van der Waals surface area (Å²) in [5, 5.41) is 17.9. The highest BCUT2D eigenvalue weighted by atomic mass is 16.5. The van der Waals surface area contributed by atoms with Gasteiger partial charge in [-0.05, 0) is 43.9 Å². The molecule has 0 spiro atoms. The summed E-state index contributed by atoms with van der Waals surface area (Å²) in [4.78, 5) is 19.7. The summed E-state index contributed by atoms with van der Waals surface area (Å²) in [5.41, 5.74) is 2.49. The highest BCUT2D eigenvalue weighted by Crippen LogP contribution is 2.37. The molecule has 1 aliphatic rings. The van der Waals surface area contributed by atoms with E-state index < -0.39 is 0 Å². The van der Waals surface area contributed by atoms with Crippen LogP contribution in [0, 0.1) is 0 Å². The molecule has 1 saturated carbocycles. The quantitative estimate of drug-likeness (QED) is 0.483. The van der Waals surface area contributed by atoms with Crippen LogP contribution in [0.4, 0.5) is 11.5 Å². The SMILES string of the molecule is COc1cc(C(=O)NC2CCC(Nc3cc(N(C)C)c4ccccc4n3)CC2)cc(OC)c1O. The first-order chi connectivity index (χ1) is 16.4. The van der Waals surface area contributed by atoms with E-state index in [1.54, 1.807) is 0 Å². The van der Waals surface area contributed by atoms with Gasteiger partial charge in [-0.3, -0.25) is 4.79 Å². The molecule has 0 radical (unpaired) electrons. The lowest BCUT2D eigenvalue weighted by atomic mass is 9.91. The number of phenolic OH excluding ortho intramolecular Hbond substituents is 1. The molecular weight excluding hydrogens is 432 g/mol. The van der Waals surface area contributed by atoms with Crippen LogP contribution in [0.2, 0.25) is 0 Å². The molecule has 8 heteroatoms. The molecule has 180 valence electrons. The van der Waals surface area contributed by atoms with Gasteiger partial charge in [0.1, 0.15) is 5.82 Å². The fourth-order valence-electron chi connectivity index (χ4n) is 4.49. The van der Waals surface area contributed by atoms with Crippen LogP contribution >= 0.6 is 0 Å². The Morgan fingerprint density at radius 2 is 1.62 bits per heavy atom. The number of hydrogen-bond donors (Lipinski definition) is 3. The van der Waals surface area contributed by atoms with E-state index in [1.807, 2.05) is 32.3 Å². The molecule has 4 rings (SSSR count). The first-order valence-electron chi connectivity index (χ1n) is 11.5. The van der Waals surface area contributed by atoms with E-state index in [9.17, 15) is 9.90 Å². The molecule has 3 N–H and O–H groups in total. The Labute approximate surface area is 199 Å². The number of anilines is 2. The van der Waals surface area contributed by atoms with Crippen molar-refractivity contribution < 1.29 is 19.4 Å². The van der Waals surface area contributed by atoms with E-state index in [0.29, 0.717) is 11.6 Å². The predicted molar refractivity (Wildman–Crippen MR) is 134 cm³/mol. The number of hydrogen-bond acceptors (Lipinski definition) is 7. The van der Waals surface area contributed by atoms with Gasteiger partial charge in [-0.15, -0.1) is 0 Å². The minimum atomic E-state index is -0.208. The number of benzene rings is 2. The molecule has 34 heavy (non-hydrogen) atoms. The monoisotopic (exact) mass is 464 g/mol. The lowest BCUT2D eigenvalue weighted by Crippen LogP contribution is -2.40. The van der Waals surface area contributed by atoms with E-state index >= 15 is 0 Å². The Morgan fingerprint density at radius 3 is 2.24 bits per heavy atom. The number of methoxy groups -OCH3 is 2. The first-order valence-corrected chi connectivity index (χ1v) is 11.5. The second-order valence-corrected chi connectivity index (χ2v) is 8.83. The van der Waals surface area contributed by atoms with Gasteiger partial charge in [-0.25, -0.2) is 4.98 Å². The molecule has 1 aliphatic carbocycles. The summed E-state index contributed by atoms with van der Waals surface area (Å²) in [6, 6.07) is 13.7. The van der Waals surface area contributed by atoms with Gasteiger partial charge in [0.05, 0.1) is 19.7 Å². The lowest BCUT2D eigenvalue weighted by molar-refractivity contribution is 0.0925. The minimum Gasteiger partial charge on any atom is -0.502 e. The van der Waals surface area contributed by atoms with Crippen LogP contribution in [0.3, 0.4) is 0 Å². The second kappa shape index (κ2) is 10.1. The summed E-state index contributed by atoms with van der Waals surface area (Å²) in [7, 11) is 6.96. The van der Waals surface area contributed by atoms with Gasteiger partial charge < -0.3 is 30.1 Å². The Balaban J connectivity index is 1.38. The molecule has 0 atom stereocenters. The molecule has 1 fully saturated rings. The van der Waals surface area contributed by atoms with Crippen molar-refractivity contribution in [2.75, 3.05) is 38.5 Å². The van der Waals surface area contributed by atoms with Crippen molar-refractivity contribution in [3.05, 3.63) is 48.0 Å². The van der Waals surface area contributed by atoms with Crippen LogP contribution < -0.4 is 25.0 Å². The van der Waals surface area contributed by atoms with Gasteiger partial charge >= 0.3 is 0 Å². The Kier molecular flexibility index (Phi) is 6.95. The van der Waals surface area contributed by atoms with Gasteiger partial charge in [0.2, 0.25) is 5.75 Å². The Morgan fingerprint density at radius 1 is 1.00 bits per heavy atom. The number of aromatic nitrogens is 1. The maximum Gasteiger partial charge on any atom is 0.251 e. The third kappa shape index (κ3) is 4.95. The number of rotatable bonds is 7. The van der Waals surface area contributed by atoms with Crippen molar-refractivity contribution in [2.45, 2.75) is 37.8 Å². The van der Waals surface area contributed by atoms with Crippen LogP contribution in [-0.2, 0) is 0 Å². The van der Waals surface area contributed by atoms with Crippen LogP contribution in [0.15, 0.2) is 42.5 Å². The van der Waals surface area contributed by atoms with Crippen LogP contribution in [-0.4, -0.2) is 56.4 Å². The maximum atomic E-state index is 12.8. The first kappa shape index (κ1) is 23.5. The van der Waals surface area contributed by atoms with Crippen molar-refractivity contribution >= 4 is 28.3 Å². The highest BCUT2D eigenvalue weighted by Gasteiger charge is 2.24. The molecule has 0 aliphatic heterocycles. The number of ether oxygens (including phenoxy) is 2. The molecular formula is C26H32N4O4. The molecule has 1 aromatic heterocycles. The zero-order valence-electron chi connectivity index (χ0n) is 20.1. The average molecular weight is 465 g/mol. The molecule has 0 saturated heterocycles. The zero-order chi connectivity index (χ0) is 24.2. The average Bonchev–Trinajstić information content (AvgIpc) is 2.84. The standard InChI is InChI=1S/C26H32N4O4/c1-30(2)21-15-24(29-20-8-6-5-7-19(20)21)27-17-9-11-18(12-10-17)28-26(32)16-13-22(33-3)25(31)23(14-16)34-4/h5-8,13-15,17-18,31H,9-12H2,1-4H3,(H,27,29)(H,28,32). The number of fused-ring (bicyclic) bond motifs is 1. The van der Waals surface area contributed by atoms with Gasteiger partial charge in [-0.1, -0.05) is 18.2 Å². The molecule has 0 unspecified atom stereocenters. The van der Waals surface area contributed by atoms with E-state index in [0.717, 1.165) is 48.1 Å². The number of nitrogens with one attached hydrogen (secondary N) is 2. The normalized spacial score (nSPS) is 17.8. The van der Waals surface area contributed by atoms with E-state index in [2.05, 4.69) is 27.7 Å². The fraction of sp³-hybridized carbons (Fsp3) is 0.385. The lowest BCUT2D eigenvalue weighted by Gasteiger charge is -2.30. The van der Waals surface area contributed by atoms with Crippen molar-refractivity contribution in [3.63, 3.8) is 0 Å². The number of carbonyl (C=O) groups excluding carboxylic acids is 1. The summed E-state index contributed by atoms with van der Waals surface area (Å²) in [6.07, 6.45) is 3.59. The molecule has 0 bridgehead atoms. The van der Waals surface area contributed by atoms with Crippen molar-refractivity contribution in [1.82, 2.24) is 10.3 Å². The van der Waals surface area contributed by atoms with Crippen molar-refractivity contribution in [2.24, 2.45) is 0 Å². The largest absolute Gasteiger partial charge is 0.502 e. The van der Waals surface area contributed by atoms with Crippen molar-refractivity contribution in [3.8, 4) is 17.2 Å². The number of amides is 1. The maximum absolute atomic E-state index is 12.8. The Hall–Kier alpha value is -3.68. The molecule has 3 aromatic rings. The number of aromatic hydroxyl groups is 1. The number of phenols is 1. The molecule has 1 amide bonds. The minimum absolute atomic E-state index is 0.0817. The molecule has 1 heterocycles. The van der Waals surface area contributed by atoms with Crippen LogP contribution in [0.5, 0.6) is 17.2 Å². The fourth-order valence-corrected chi connectivity index (χ4v) is 4.49. The molecule has 8 nitrogen and oxygen atoms in total. The van der Waals surface area contributed by atoms with Gasteiger partial charge in [0.25, 0.3) is 5.91 Å². The van der Waals surface area contributed by atoms with Gasteiger partial charge in [0.15, 0.2) is 11.5 Å². The number of nitrogens with zero attached hydrogens (tertiary/aromatic N) is 2. The van der Waals surface area contributed by atoms with E-state index in [4.69, 9.17) is 14.5 Å². The number of pyridine rings is 1. The summed E-state index contributed by atoms with van der Waals surface area (Å²) in [5.74, 6) is 0.959. The summed E-state index contributed by atoms with van der Waals surface area (Å²) in [6.45, 7) is 0. The van der Waals surface area contributed by atoms with Crippen LogP contribution in [0.1, 0.15) is 36.0 Å². The predicted octanol–water partition coefficient (Wildman–Crippen LogP) is 4.18. The Bertz CT molecular complexity index is 1150. The van der Waals surface area contributed by atoms with Gasteiger partial charge in [0, 0.05) is 48.9 Å². The number of carbonyl (C=O) groups is 1. The summed E-state index contributed by atoms with van der Waals surface area (Å²) < 4.78 is 10.3. The van der Waals surface area contributed by atoms with Crippen LogP contribution in [0.25, 0.3) is 10.9 Å².